The van der Waals surface area contributed by atoms with Gasteiger partial charge in [0.15, 0.2) is 5.11 Å². The fraction of sp³-hybridized carbons (Fsp3) is 0.150. The summed E-state index contributed by atoms with van der Waals surface area (Å²) in [6.07, 6.45) is -4.55. The van der Waals surface area contributed by atoms with Gasteiger partial charge in [0.25, 0.3) is 0 Å². The molecule has 10 heteroatoms. The Kier molecular flexibility index (Phi) is 5.87. The molecule has 1 atom stereocenters. The summed E-state index contributed by atoms with van der Waals surface area (Å²) in [6.45, 7) is 1.49. The first-order valence-corrected chi connectivity index (χ1v) is 9.66. The number of nitrogens with one attached hydrogen (secondary N) is 1. The van der Waals surface area contributed by atoms with Crippen LogP contribution in [0.25, 0.3) is 0 Å². The highest BCUT2D eigenvalue weighted by molar-refractivity contribution is 9.10. The second-order valence-electron chi connectivity index (χ2n) is 6.42. The third-order valence-electron chi connectivity index (χ3n) is 4.59. The summed E-state index contributed by atoms with van der Waals surface area (Å²) in [7, 11) is 0. The van der Waals surface area contributed by atoms with Gasteiger partial charge in [-0.15, -0.1) is 0 Å². The van der Waals surface area contributed by atoms with Gasteiger partial charge >= 0.3 is 12.1 Å². The van der Waals surface area contributed by atoms with Crippen molar-refractivity contribution in [3.8, 4) is 6.07 Å². The van der Waals surface area contributed by atoms with Crippen molar-refractivity contribution >= 4 is 44.9 Å². The summed E-state index contributed by atoms with van der Waals surface area (Å²) < 4.78 is 39.9. The van der Waals surface area contributed by atoms with Crippen molar-refractivity contribution < 1.29 is 23.1 Å². The van der Waals surface area contributed by atoms with Gasteiger partial charge in [0, 0.05) is 15.9 Å². The van der Waals surface area contributed by atoms with Crippen molar-refractivity contribution in [3.05, 3.63) is 74.9 Å². The summed E-state index contributed by atoms with van der Waals surface area (Å²) in [6, 6.07) is 10.3. The van der Waals surface area contributed by atoms with Crippen LogP contribution in [0.5, 0.6) is 0 Å². The molecule has 1 heterocycles. The molecule has 2 aromatic carbocycles. The molecule has 3 rings (SSSR count). The van der Waals surface area contributed by atoms with Crippen LogP contribution >= 0.6 is 28.1 Å². The maximum atomic E-state index is 13.1. The highest BCUT2D eigenvalue weighted by atomic mass is 79.9. The van der Waals surface area contributed by atoms with Crippen molar-refractivity contribution in [1.29, 1.82) is 5.26 Å². The van der Waals surface area contributed by atoms with Crippen LogP contribution in [0.15, 0.2) is 58.2 Å². The second-order valence-corrected chi connectivity index (χ2v) is 7.66. The van der Waals surface area contributed by atoms with Gasteiger partial charge in [0.1, 0.15) is 0 Å². The number of hydrogen-bond acceptors (Lipinski definition) is 3. The molecule has 0 amide bonds. The van der Waals surface area contributed by atoms with Crippen LogP contribution in [0.2, 0.25) is 0 Å². The lowest BCUT2D eigenvalue weighted by Crippen LogP contribution is -2.48. The highest BCUT2D eigenvalue weighted by Crippen LogP contribution is 2.38. The number of hydrogen-bond donors (Lipinski definition) is 2. The normalized spacial score (nSPS) is 16.9. The number of carbonyl (C=O) groups is 1. The van der Waals surface area contributed by atoms with Gasteiger partial charge in [0.2, 0.25) is 0 Å². The summed E-state index contributed by atoms with van der Waals surface area (Å²) in [4.78, 5) is 13.3. The van der Waals surface area contributed by atoms with E-state index in [1.165, 1.54) is 24.0 Å². The average molecular weight is 496 g/mol. The Hall–Kier alpha value is -2.90. The molecule has 1 aliphatic heterocycles. The van der Waals surface area contributed by atoms with E-state index in [9.17, 15) is 23.1 Å². The van der Waals surface area contributed by atoms with E-state index in [1.54, 1.807) is 18.2 Å². The summed E-state index contributed by atoms with van der Waals surface area (Å²) in [5.41, 5.74) is 0.238. The van der Waals surface area contributed by atoms with E-state index in [-0.39, 0.29) is 22.1 Å². The van der Waals surface area contributed by atoms with Crippen molar-refractivity contribution in [2.24, 2.45) is 0 Å². The summed E-state index contributed by atoms with van der Waals surface area (Å²) in [5.74, 6) is -1.25. The van der Waals surface area contributed by atoms with Crippen LogP contribution < -0.4 is 10.2 Å². The monoisotopic (exact) mass is 495 g/mol. The van der Waals surface area contributed by atoms with Crippen molar-refractivity contribution in [2.75, 3.05) is 4.90 Å². The number of thiocarbonyl (C=S) groups is 1. The number of nitriles is 1. The zero-order chi connectivity index (χ0) is 22.2. The lowest BCUT2D eigenvalue weighted by molar-refractivity contribution is -0.137. The van der Waals surface area contributed by atoms with Gasteiger partial charge in [-0.3, -0.25) is 4.90 Å². The van der Waals surface area contributed by atoms with Gasteiger partial charge in [-0.25, -0.2) is 4.79 Å². The maximum absolute atomic E-state index is 13.1. The molecule has 0 bridgehead atoms. The first-order chi connectivity index (χ1) is 14.0. The predicted molar refractivity (Wildman–Crippen MR) is 112 cm³/mol. The van der Waals surface area contributed by atoms with Crippen LogP contribution in [0, 0.1) is 11.3 Å². The molecule has 0 unspecified atom stereocenters. The van der Waals surface area contributed by atoms with E-state index < -0.39 is 23.8 Å². The fourth-order valence-corrected chi connectivity index (χ4v) is 4.18. The van der Waals surface area contributed by atoms with E-state index in [0.29, 0.717) is 15.6 Å². The topological polar surface area (TPSA) is 76.4 Å². The Morgan fingerprint density at radius 1 is 1.30 bits per heavy atom. The quantitative estimate of drug-likeness (QED) is 0.574. The van der Waals surface area contributed by atoms with E-state index in [0.717, 1.165) is 12.1 Å². The smallest absolute Gasteiger partial charge is 0.416 e. The number of benzene rings is 2. The third kappa shape index (κ3) is 4.04. The molecule has 0 aliphatic carbocycles. The first kappa shape index (κ1) is 21.8. The number of carboxylic acids is 1. The molecule has 0 saturated carbocycles. The molecule has 0 radical (unpaired) electrons. The van der Waals surface area contributed by atoms with Gasteiger partial charge in [-0.1, -0.05) is 28.1 Å². The van der Waals surface area contributed by atoms with Crippen LogP contribution in [-0.2, 0) is 11.0 Å². The number of allylic oxidation sites excluding steroid dienone is 1. The molecule has 30 heavy (non-hydrogen) atoms. The minimum Gasteiger partial charge on any atom is -0.478 e. The van der Waals surface area contributed by atoms with Gasteiger partial charge in [0.05, 0.1) is 28.8 Å². The molecule has 0 aromatic heterocycles. The van der Waals surface area contributed by atoms with Crippen molar-refractivity contribution in [1.82, 2.24) is 5.32 Å². The average Bonchev–Trinajstić information content (AvgIpc) is 2.66. The molecule has 2 aromatic rings. The number of carboxylic acid groups (broad SMARTS) is 1. The summed E-state index contributed by atoms with van der Waals surface area (Å²) in [5, 5.41) is 21.8. The van der Waals surface area contributed by atoms with Crippen LogP contribution in [0.4, 0.5) is 18.9 Å². The summed E-state index contributed by atoms with van der Waals surface area (Å²) >= 11 is 8.71. The SMILES string of the molecule is CC1=C(C(=O)O)[C@@H](c2ccc(C#N)cc2Br)NC(=S)N1c1cccc(C(F)(F)F)c1. The van der Waals surface area contributed by atoms with E-state index in [2.05, 4.69) is 21.2 Å². The maximum Gasteiger partial charge on any atom is 0.416 e. The molecule has 1 aliphatic rings. The Balaban J connectivity index is 2.14. The van der Waals surface area contributed by atoms with E-state index in [4.69, 9.17) is 17.5 Å². The molecular formula is C20H13BrF3N3O2S. The van der Waals surface area contributed by atoms with Crippen LogP contribution in [0.3, 0.4) is 0 Å². The molecule has 5 nitrogen and oxygen atoms in total. The molecule has 2 N–H and O–H groups in total. The minimum absolute atomic E-state index is 0.0538. The lowest BCUT2D eigenvalue weighted by atomic mass is 9.94. The Morgan fingerprint density at radius 3 is 2.57 bits per heavy atom. The molecule has 0 spiro atoms. The van der Waals surface area contributed by atoms with Gasteiger partial charge < -0.3 is 10.4 Å². The number of alkyl halides is 3. The number of rotatable bonds is 3. The van der Waals surface area contributed by atoms with Crippen LogP contribution in [-0.4, -0.2) is 16.2 Å². The number of anilines is 1. The molecular weight excluding hydrogens is 483 g/mol. The van der Waals surface area contributed by atoms with E-state index in [1.807, 2.05) is 6.07 Å². The Labute approximate surface area is 183 Å². The van der Waals surface area contributed by atoms with Gasteiger partial charge in [-0.2, -0.15) is 18.4 Å². The zero-order valence-corrected chi connectivity index (χ0v) is 17.7. The molecule has 0 saturated heterocycles. The Bertz CT molecular complexity index is 1130. The molecule has 0 fully saturated rings. The highest BCUT2D eigenvalue weighted by Gasteiger charge is 2.37. The van der Waals surface area contributed by atoms with Crippen molar-refractivity contribution in [2.45, 2.75) is 19.1 Å². The minimum atomic E-state index is -4.55. The van der Waals surface area contributed by atoms with Crippen LogP contribution in [0.1, 0.15) is 29.7 Å². The largest absolute Gasteiger partial charge is 0.478 e. The van der Waals surface area contributed by atoms with Gasteiger partial charge in [-0.05, 0) is 55.0 Å². The third-order valence-corrected chi connectivity index (χ3v) is 5.57. The standard InChI is InChI=1S/C20H13BrF3N3O2S/c1-10-16(18(28)29)17(14-6-5-11(9-25)7-15(14)21)26-19(30)27(10)13-4-2-3-12(8-13)20(22,23)24/h2-8,17H,1H3,(H,26,30)(H,28,29)/t17-/m1/s1. The second kappa shape index (κ2) is 8.08. The zero-order valence-electron chi connectivity index (χ0n) is 15.3. The number of nitrogens with zero attached hydrogens (tertiary/aromatic N) is 2. The predicted octanol–water partition coefficient (Wildman–Crippen LogP) is 5.13. The lowest BCUT2D eigenvalue weighted by Gasteiger charge is -2.37. The van der Waals surface area contributed by atoms with E-state index >= 15 is 0 Å². The Morgan fingerprint density at radius 2 is 2.00 bits per heavy atom. The number of aliphatic carboxylic acids is 1. The first-order valence-electron chi connectivity index (χ1n) is 8.46. The fourth-order valence-electron chi connectivity index (χ4n) is 3.22. The molecule has 154 valence electrons. The number of halogens is 4. The van der Waals surface area contributed by atoms with Crippen molar-refractivity contribution in [3.63, 3.8) is 0 Å².